The molecule has 1 saturated heterocycles. The number of nitro benzene ring substituents is 1. The minimum atomic E-state index is -0.928. The predicted molar refractivity (Wildman–Crippen MR) is 104 cm³/mol. The Morgan fingerprint density at radius 1 is 1.20 bits per heavy atom. The van der Waals surface area contributed by atoms with Gasteiger partial charge in [0.05, 0.1) is 29.3 Å². The highest BCUT2D eigenvalue weighted by Gasteiger charge is 2.46. The van der Waals surface area contributed by atoms with Gasteiger partial charge in [-0.15, -0.1) is 0 Å². The van der Waals surface area contributed by atoms with Gasteiger partial charge in [-0.25, -0.2) is 0 Å². The molecule has 0 radical (unpaired) electrons. The summed E-state index contributed by atoms with van der Waals surface area (Å²) < 4.78 is 5.31. The molecule has 1 N–H and O–H groups in total. The topological polar surface area (TPSA) is 127 Å². The molecule has 30 heavy (non-hydrogen) atoms. The predicted octanol–water partition coefficient (Wildman–Crippen LogP) is 3.20. The number of hydrogen-bond acceptors (Lipinski definition) is 7. The Morgan fingerprint density at radius 2 is 2.03 bits per heavy atom. The number of likely N-dealkylation sites (tertiary alicyclic amines) is 1. The van der Waals surface area contributed by atoms with Gasteiger partial charge in [0.1, 0.15) is 11.5 Å². The van der Waals surface area contributed by atoms with Crippen molar-refractivity contribution in [3.05, 3.63) is 99.8 Å². The van der Waals surface area contributed by atoms with E-state index in [1.54, 1.807) is 30.5 Å². The van der Waals surface area contributed by atoms with Gasteiger partial charge < -0.3 is 14.4 Å². The second kappa shape index (κ2) is 7.63. The minimum Gasteiger partial charge on any atom is -0.507 e. The Hall–Kier alpha value is -4.27. The van der Waals surface area contributed by atoms with Crippen LogP contribution in [-0.4, -0.2) is 31.6 Å². The number of nitro groups is 1. The molecule has 9 nitrogen and oxygen atoms in total. The highest BCUT2D eigenvalue weighted by Crippen LogP contribution is 2.40. The Kier molecular flexibility index (Phi) is 4.85. The summed E-state index contributed by atoms with van der Waals surface area (Å²) in [5.41, 5.74) is 0.158. The molecule has 1 fully saturated rings. The molecule has 3 aromatic rings. The molecule has 0 saturated carbocycles. The number of Topliss-reactive ketones (excluding diaryl/α,β-unsaturated/α-hetero) is 1. The van der Waals surface area contributed by atoms with E-state index < -0.39 is 28.4 Å². The van der Waals surface area contributed by atoms with E-state index in [0.717, 1.165) is 6.07 Å². The van der Waals surface area contributed by atoms with Crippen LogP contribution in [0.5, 0.6) is 0 Å². The Morgan fingerprint density at radius 3 is 2.70 bits per heavy atom. The van der Waals surface area contributed by atoms with Crippen LogP contribution in [0.2, 0.25) is 0 Å². The minimum absolute atomic E-state index is 0.00283. The van der Waals surface area contributed by atoms with Crippen LogP contribution in [0, 0.1) is 10.1 Å². The van der Waals surface area contributed by atoms with E-state index in [-0.39, 0.29) is 23.4 Å². The number of nitrogens with zero attached hydrogens (tertiary/aromatic N) is 3. The molecule has 2 aromatic heterocycles. The van der Waals surface area contributed by atoms with Gasteiger partial charge in [-0.3, -0.25) is 24.7 Å². The first-order valence-electron chi connectivity index (χ1n) is 8.93. The van der Waals surface area contributed by atoms with E-state index >= 15 is 0 Å². The van der Waals surface area contributed by atoms with E-state index in [0.29, 0.717) is 11.3 Å². The number of amides is 1. The zero-order valence-corrected chi connectivity index (χ0v) is 15.5. The molecule has 0 spiro atoms. The molecule has 1 aromatic carbocycles. The molecule has 0 aliphatic carbocycles. The van der Waals surface area contributed by atoms with Crippen molar-refractivity contribution in [2.45, 2.75) is 12.6 Å². The highest BCUT2D eigenvalue weighted by molar-refractivity contribution is 6.46. The summed E-state index contributed by atoms with van der Waals surface area (Å²) in [7, 11) is 0. The third-order valence-corrected chi connectivity index (χ3v) is 4.78. The summed E-state index contributed by atoms with van der Waals surface area (Å²) in [5, 5.41) is 22.0. The standard InChI is InChI=1S/C21H15N3O6/c25-19(13-4-1-6-15(10-13)24(28)29)17-18(14-5-2-8-22-11-14)23(21(27)20(17)26)12-16-7-3-9-30-16/h1-11,18,25H,12H2/t18-/m1/s1. The first-order chi connectivity index (χ1) is 14.5. The SMILES string of the molecule is O=C1C(=O)N(Cc2ccco2)[C@H](c2cccnc2)C1=C(O)c1cccc([N+](=O)[O-])c1. The average Bonchev–Trinajstić information content (AvgIpc) is 3.36. The summed E-state index contributed by atoms with van der Waals surface area (Å²) in [6, 6.07) is 11.0. The summed E-state index contributed by atoms with van der Waals surface area (Å²) >= 11 is 0. The zero-order valence-electron chi connectivity index (χ0n) is 15.5. The van der Waals surface area contributed by atoms with Crippen LogP contribution in [0.15, 0.2) is 77.2 Å². The molecule has 1 atom stereocenters. The molecular formula is C21H15N3O6. The number of hydrogen-bond donors (Lipinski definition) is 1. The van der Waals surface area contributed by atoms with Gasteiger partial charge >= 0.3 is 0 Å². The third kappa shape index (κ3) is 3.32. The maximum Gasteiger partial charge on any atom is 0.296 e. The number of benzene rings is 1. The molecule has 4 rings (SSSR count). The lowest BCUT2D eigenvalue weighted by Gasteiger charge is -2.24. The molecule has 150 valence electrons. The maximum atomic E-state index is 12.9. The molecule has 3 heterocycles. The van der Waals surface area contributed by atoms with Crippen molar-refractivity contribution >= 4 is 23.1 Å². The molecular weight excluding hydrogens is 390 g/mol. The fraction of sp³-hybridized carbons (Fsp3) is 0.0952. The lowest BCUT2D eigenvalue weighted by molar-refractivity contribution is -0.384. The molecule has 1 aliphatic rings. The fourth-order valence-electron chi connectivity index (χ4n) is 3.42. The van der Waals surface area contributed by atoms with E-state index in [4.69, 9.17) is 4.42 Å². The lowest BCUT2D eigenvalue weighted by atomic mass is 9.96. The van der Waals surface area contributed by atoms with E-state index in [1.165, 1.54) is 35.6 Å². The van der Waals surface area contributed by atoms with Gasteiger partial charge in [-0.05, 0) is 23.8 Å². The number of ketones is 1. The molecule has 9 heteroatoms. The number of rotatable bonds is 5. The van der Waals surface area contributed by atoms with Crippen LogP contribution < -0.4 is 0 Å². The quantitative estimate of drug-likeness (QED) is 0.227. The average molecular weight is 405 g/mol. The number of carbonyl (C=O) groups excluding carboxylic acids is 2. The summed E-state index contributed by atoms with van der Waals surface area (Å²) in [6.45, 7) is 0.00283. The molecule has 1 amide bonds. The maximum absolute atomic E-state index is 12.9. The van der Waals surface area contributed by atoms with Crippen LogP contribution in [0.25, 0.3) is 5.76 Å². The molecule has 0 bridgehead atoms. The number of carbonyl (C=O) groups is 2. The van der Waals surface area contributed by atoms with Crippen molar-refractivity contribution < 1.29 is 24.0 Å². The van der Waals surface area contributed by atoms with Crippen molar-refractivity contribution in [1.29, 1.82) is 0 Å². The number of aliphatic hydroxyl groups is 1. The first kappa shape index (κ1) is 19.1. The second-order valence-corrected chi connectivity index (χ2v) is 6.60. The van der Waals surface area contributed by atoms with Crippen molar-refractivity contribution in [3.63, 3.8) is 0 Å². The number of aliphatic hydroxyl groups excluding tert-OH is 1. The van der Waals surface area contributed by atoms with Gasteiger partial charge in [-0.2, -0.15) is 0 Å². The van der Waals surface area contributed by atoms with Crippen molar-refractivity contribution in [3.8, 4) is 0 Å². The monoisotopic (exact) mass is 405 g/mol. The number of non-ortho nitro benzene ring substituents is 1. The van der Waals surface area contributed by atoms with Gasteiger partial charge in [0.25, 0.3) is 17.4 Å². The van der Waals surface area contributed by atoms with Crippen LogP contribution in [0.1, 0.15) is 22.9 Å². The molecule has 0 unspecified atom stereocenters. The van der Waals surface area contributed by atoms with Crippen molar-refractivity contribution in [2.24, 2.45) is 0 Å². The summed E-state index contributed by atoms with van der Waals surface area (Å²) in [4.78, 5) is 41.5. The number of furan rings is 1. The van der Waals surface area contributed by atoms with E-state index in [9.17, 15) is 24.8 Å². The molecule has 1 aliphatic heterocycles. The van der Waals surface area contributed by atoms with Crippen LogP contribution in [-0.2, 0) is 16.1 Å². The number of pyridine rings is 1. The van der Waals surface area contributed by atoms with Crippen molar-refractivity contribution in [1.82, 2.24) is 9.88 Å². The van der Waals surface area contributed by atoms with Gasteiger partial charge in [0, 0.05) is 30.1 Å². The normalized spacial score (nSPS) is 18.0. The van der Waals surface area contributed by atoms with Crippen LogP contribution >= 0.6 is 0 Å². The third-order valence-electron chi connectivity index (χ3n) is 4.78. The second-order valence-electron chi connectivity index (χ2n) is 6.60. The van der Waals surface area contributed by atoms with Gasteiger partial charge in [-0.1, -0.05) is 18.2 Å². The van der Waals surface area contributed by atoms with Crippen LogP contribution in [0.3, 0.4) is 0 Å². The van der Waals surface area contributed by atoms with E-state index in [1.807, 2.05) is 0 Å². The van der Waals surface area contributed by atoms with Crippen LogP contribution in [0.4, 0.5) is 5.69 Å². The summed E-state index contributed by atoms with van der Waals surface area (Å²) in [6.07, 6.45) is 4.49. The van der Waals surface area contributed by atoms with Gasteiger partial charge in [0.2, 0.25) is 0 Å². The van der Waals surface area contributed by atoms with E-state index in [2.05, 4.69) is 4.98 Å². The number of aromatic nitrogens is 1. The fourth-order valence-corrected chi connectivity index (χ4v) is 3.42. The van der Waals surface area contributed by atoms with Crippen molar-refractivity contribution in [2.75, 3.05) is 0 Å². The smallest absolute Gasteiger partial charge is 0.296 e. The largest absolute Gasteiger partial charge is 0.507 e. The van der Waals surface area contributed by atoms with Gasteiger partial charge in [0.15, 0.2) is 0 Å². The highest BCUT2D eigenvalue weighted by atomic mass is 16.6. The lowest BCUT2D eigenvalue weighted by Crippen LogP contribution is -2.29. The first-order valence-corrected chi connectivity index (χ1v) is 8.93. The Labute approximate surface area is 170 Å². The Balaban J connectivity index is 1.87. The Bertz CT molecular complexity index is 1150. The summed E-state index contributed by atoms with van der Waals surface area (Å²) in [5.74, 6) is -1.74. The zero-order chi connectivity index (χ0) is 21.3.